The van der Waals surface area contributed by atoms with Gasteiger partial charge in [0.2, 0.25) is 0 Å². The number of hydrogen-bond acceptors (Lipinski definition) is 3. The number of hydrogen-bond donors (Lipinski definition) is 1. The Hall–Kier alpha value is -1.77. The summed E-state index contributed by atoms with van der Waals surface area (Å²) < 4.78 is 5.33. The lowest BCUT2D eigenvalue weighted by Gasteiger charge is -2.17. The zero-order chi connectivity index (χ0) is 9.26. The molecule has 1 aliphatic rings. The van der Waals surface area contributed by atoms with E-state index in [1.165, 1.54) is 6.20 Å². The molecule has 2 rings (SSSR count). The van der Waals surface area contributed by atoms with Crippen LogP contribution in [0.3, 0.4) is 0 Å². The molecule has 0 radical (unpaired) electrons. The maximum Gasteiger partial charge on any atom is 0.197 e. The molecule has 0 saturated heterocycles. The number of rotatable bonds is 0. The summed E-state index contributed by atoms with van der Waals surface area (Å²) in [5.41, 5.74) is 6.39. The van der Waals surface area contributed by atoms with Crippen LogP contribution in [0.5, 0.6) is 5.75 Å². The van der Waals surface area contributed by atoms with Gasteiger partial charge < -0.3 is 10.5 Å². The minimum Gasteiger partial charge on any atom is -0.488 e. The number of benzene rings is 1. The number of ether oxygens (including phenoxy) is 1. The molecule has 0 fully saturated rings. The van der Waals surface area contributed by atoms with E-state index in [1.54, 1.807) is 18.2 Å². The second-order valence-electron chi connectivity index (χ2n) is 2.81. The van der Waals surface area contributed by atoms with Crippen LogP contribution in [0, 0.1) is 0 Å². The molecule has 66 valence electrons. The number of nitrogens with two attached hydrogens (primary N) is 1. The smallest absolute Gasteiger partial charge is 0.197 e. The SMILES string of the molecule is N/C=C1\COc2ccccc2C1=O. The van der Waals surface area contributed by atoms with Crippen molar-refractivity contribution in [3.8, 4) is 5.75 Å². The summed E-state index contributed by atoms with van der Waals surface area (Å²) >= 11 is 0. The highest BCUT2D eigenvalue weighted by Gasteiger charge is 2.21. The molecule has 0 spiro atoms. The van der Waals surface area contributed by atoms with E-state index >= 15 is 0 Å². The maximum atomic E-state index is 11.6. The molecule has 0 amide bonds. The molecular weight excluding hydrogens is 166 g/mol. The zero-order valence-corrected chi connectivity index (χ0v) is 6.99. The molecule has 0 bridgehead atoms. The van der Waals surface area contributed by atoms with Crippen LogP contribution >= 0.6 is 0 Å². The van der Waals surface area contributed by atoms with Gasteiger partial charge in [-0.25, -0.2) is 0 Å². The second kappa shape index (κ2) is 2.94. The van der Waals surface area contributed by atoms with Crippen molar-refractivity contribution in [3.63, 3.8) is 0 Å². The van der Waals surface area contributed by atoms with Crippen LogP contribution in [-0.4, -0.2) is 12.4 Å². The molecule has 1 aromatic carbocycles. The summed E-state index contributed by atoms with van der Waals surface area (Å²) in [7, 11) is 0. The second-order valence-corrected chi connectivity index (χ2v) is 2.81. The topological polar surface area (TPSA) is 52.3 Å². The molecular formula is C10H9NO2. The molecule has 0 unspecified atom stereocenters. The normalized spacial score (nSPS) is 18.2. The van der Waals surface area contributed by atoms with E-state index < -0.39 is 0 Å². The summed E-state index contributed by atoms with van der Waals surface area (Å²) in [4.78, 5) is 11.6. The van der Waals surface area contributed by atoms with Gasteiger partial charge in [-0.2, -0.15) is 0 Å². The van der Waals surface area contributed by atoms with Crippen molar-refractivity contribution in [2.45, 2.75) is 0 Å². The summed E-state index contributed by atoms with van der Waals surface area (Å²) in [5.74, 6) is 0.599. The first-order chi connectivity index (χ1) is 6.33. The number of carbonyl (C=O) groups excluding carboxylic acids is 1. The molecule has 3 nitrogen and oxygen atoms in total. The summed E-state index contributed by atoms with van der Waals surface area (Å²) in [6.45, 7) is 0.270. The zero-order valence-electron chi connectivity index (χ0n) is 6.99. The van der Waals surface area contributed by atoms with Crippen LogP contribution in [0.2, 0.25) is 0 Å². The van der Waals surface area contributed by atoms with Gasteiger partial charge in [-0.1, -0.05) is 12.1 Å². The van der Waals surface area contributed by atoms with Gasteiger partial charge in [0.25, 0.3) is 0 Å². The van der Waals surface area contributed by atoms with Gasteiger partial charge in [0.1, 0.15) is 12.4 Å². The summed E-state index contributed by atoms with van der Waals surface area (Å²) in [6, 6.07) is 7.16. The number of Topliss-reactive ketones (excluding diaryl/α,β-unsaturated/α-hetero) is 1. The summed E-state index contributed by atoms with van der Waals surface area (Å²) in [5, 5.41) is 0. The van der Waals surface area contributed by atoms with Crippen molar-refractivity contribution in [1.29, 1.82) is 0 Å². The third-order valence-corrected chi connectivity index (χ3v) is 2.01. The highest BCUT2D eigenvalue weighted by molar-refractivity contribution is 6.11. The Kier molecular flexibility index (Phi) is 1.77. The minimum atomic E-state index is -0.0376. The van der Waals surface area contributed by atoms with Crippen LogP contribution in [0.15, 0.2) is 36.0 Å². The fourth-order valence-electron chi connectivity index (χ4n) is 1.30. The van der Waals surface area contributed by atoms with Crippen molar-refractivity contribution >= 4 is 5.78 Å². The lowest BCUT2D eigenvalue weighted by atomic mass is 10.0. The van der Waals surface area contributed by atoms with Crippen molar-refractivity contribution in [3.05, 3.63) is 41.6 Å². The first-order valence-electron chi connectivity index (χ1n) is 4.00. The predicted octanol–water partition coefficient (Wildman–Crippen LogP) is 1.10. The monoisotopic (exact) mass is 175 g/mol. The van der Waals surface area contributed by atoms with Crippen LogP contribution in [-0.2, 0) is 0 Å². The standard InChI is InChI=1S/C10H9NO2/c11-5-7-6-13-9-4-2-1-3-8(9)10(7)12/h1-5H,6,11H2/b7-5+. The molecule has 0 atom stereocenters. The van der Waals surface area contributed by atoms with Crippen LogP contribution in [0.4, 0.5) is 0 Å². The molecule has 0 saturated carbocycles. The predicted molar refractivity (Wildman–Crippen MR) is 48.5 cm³/mol. The fourth-order valence-corrected chi connectivity index (χ4v) is 1.30. The van der Waals surface area contributed by atoms with Gasteiger partial charge in [-0.15, -0.1) is 0 Å². The Balaban J connectivity index is 2.51. The van der Waals surface area contributed by atoms with E-state index in [1.807, 2.05) is 6.07 Å². The third-order valence-electron chi connectivity index (χ3n) is 2.01. The Morgan fingerprint density at radius 2 is 2.15 bits per heavy atom. The highest BCUT2D eigenvalue weighted by atomic mass is 16.5. The van der Waals surface area contributed by atoms with Crippen molar-refractivity contribution in [2.75, 3.05) is 6.61 Å². The quantitative estimate of drug-likeness (QED) is 0.601. The summed E-state index contributed by atoms with van der Waals surface area (Å²) in [6.07, 6.45) is 1.30. The van der Waals surface area contributed by atoms with E-state index in [0.29, 0.717) is 16.9 Å². The van der Waals surface area contributed by atoms with E-state index in [-0.39, 0.29) is 12.4 Å². The van der Waals surface area contributed by atoms with Crippen LogP contribution < -0.4 is 10.5 Å². The van der Waals surface area contributed by atoms with Gasteiger partial charge in [0, 0.05) is 6.20 Å². The molecule has 3 heteroatoms. The number of carbonyl (C=O) groups is 1. The number of para-hydroxylation sites is 1. The van der Waals surface area contributed by atoms with Gasteiger partial charge in [-0.3, -0.25) is 4.79 Å². The van der Waals surface area contributed by atoms with Gasteiger partial charge in [-0.05, 0) is 12.1 Å². The first-order valence-corrected chi connectivity index (χ1v) is 4.00. The van der Waals surface area contributed by atoms with Crippen LogP contribution in [0.25, 0.3) is 0 Å². The Morgan fingerprint density at radius 1 is 1.38 bits per heavy atom. The maximum absolute atomic E-state index is 11.6. The molecule has 1 aromatic rings. The fraction of sp³-hybridized carbons (Fsp3) is 0.100. The molecule has 0 aliphatic carbocycles. The minimum absolute atomic E-state index is 0.0376. The van der Waals surface area contributed by atoms with Crippen molar-refractivity contribution < 1.29 is 9.53 Å². The molecule has 1 heterocycles. The van der Waals surface area contributed by atoms with E-state index in [0.717, 1.165) is 0 Å². The number of ketones is 1. The van der Waals surface area contributed by atoms with E-state index in [2.05, 4.69) is 0 Å². The lowest BCUT2D eigenvalue weighted by Crippen LogP contribution is -2.19. The van der Waals surface area contributed by atoms with Gasteiger partial charge in [0.05, 0.1) is 11.1 Å². The Labute approximate surface area is 75.8 Å². The molecule has 2 N–H and O–H groups in total. The third kappa shape index (κ3) is 1.18. The van der Waals surface area contributed by atoms with Gasteiger partial charge in [0.15, 0.2) is 5.78 Å². The highest BCUT2D eigenvalue weighted by Crippen LogP contribution is 2.25. The van der Waals surface area contributed by atoms with E-state index in [4.69, 9.17) is 10.5 Å². The van der Waals surface area contributed by atoms with Crippen molar-refractivity contribution in [2.24, 2.45) is 5.73 Å². The average Bonchev–Trinajstić information content (AvgIpc) is 2.19. The first kappa shape index (κ1) is 7.86. The van der Waals surface area contributed by atoms with Gasteiger partial charge >= 0.3 is 0 Å². The number of fused-ring (bicyclic) bond motifs is 1. The Bertz CT molecular complexity index is 382. The molecule has 13 heavy (non-hydrogen) atoms. The van der Waals surface area contributed by atoms with Crippen molar-refractivity contribution in [1.82, 2.24) is 0 Å². The molecule has 1 aliphatic heterocycles. The Morgan fingerprint density at radius 3 is 2.92 bits per heavy atom. The van der Waals surface area contributed by atoms with E-state index in [9.17, 15) is 4.79 Å². The van der Waals surface area contributed by atoms with Crippen LogP contribution in [0.1, 0.15) is 10.4 Å². The largest absolute Gasteiger partial charge is 0.488 e. The lowest BCUT2D eigenvalue weighted by molar-refractivity contribution is 0.0999. The average molecular weight is 175 g/mol. The molecule has 0 aromatic heterocycles.